The van der Waals surface area contributed by atoms with Gasteiger partial charge in [0.2, 0.25) is 11.8 Å². The van der Waals surface area contributed by atoms with Crippen LogP contribution in [0.1, 0.15) is 48.4 Å². The molecule has 1 aliphatic heterocycles. The van der Waals surface area contributed by atoms with Crippen molar-refractivity contribution >= 4 is 46.7 Å². The summed E-state index contributed by atoms with van der Waals surface area (Å²) in [5.41, 5.74) is 4.55. The van der Waals surface area contributed by atoms with Crippen molar-refractivity contribution in [3.8, 4) is 5.69 Å². The van der Waals surface area contributed by atoms with E-state index in [0.717, 1.165) is 28.1 Å². The number of hydrogen-bond acceptors (Lipinski definition) is 4. The number of aromatic nitrogens is 2. The quantitative estimate of drug-likeness (QED) is 0.276. The van der Waals surface area contributed by atoms with Gasteiger partial charge in [0.1, 0.15) is 18.2 Å². The number of benzene rings is 3. The molecule has 9 heteroatoms. The minimum Gasteiger partial charge on any atom is -0.325 e. The van der Waals surface area contributed by atoms with Crippen molar-refractivity contribution in [3.05, 3.63) is 106 Å². The Kier molecular flexibility index (Phi) is 7.75. The lowest BCUT2D eigenvalue weighted by molar-refractivity contribution is -0.120. The lowest BCUT2D eigenvalue weighted by Crippen LogP contribution is -2.40. The van der Waals surface area contributed by atoms with E-state index in [0.29, 0.717) is 16.5 Å². The molecule has 206 valence electrons. The molecule has 1 unspecified atom stereocenters. The maximum atomic E-state index is 13.8. The minimum absolute atomic E-state index is 0.160. The highest BCUT2D eigenvalue weighted by atomic mass is 35.5. The van der Waals surface area contributed by atoms with E-state index in [-0.39, 0.29) is 28.9 Å². The van der Waals surface area contributed by atoms with Crippen LogP contribution in [0.15, 0.2) is 72.8 Å². The summed E-state index contributed by atoms with van der Waals surface area (Å²) in [5, 5.41) is 8.28. The Hall–Kier alpha value is -3.62. The minimum atomic E-state index is -0.397. The van der Waals surface area contributed by atoms with Crippen LogP contribution in [-0.4, -0.2) is 33.9 Å². The van der Waals surface area contributed by atoms with E-state index in [2.05, 4.69) is 26.1 Å². The number of nitrogens with zero attached hydrogens (tertiary/aromatic N) is 3. The van der Waals surface area contributed by atoms with E-state index in [1.165, 1.54) is 40.9 Å². The monoisotopic (exact) mass is 576 g/mol. The lowest BCUT2D eigenvalue weighted by atomic mass is 9.87. The number of carbonyl (C=O) groups excluding carboxylic acids is 2. The largest absolute Gasteiger partial charge is 0.325 e. The molecular formula is C31H30ClFN4O2S. The molecule has 0 aliphatic carbocycles. The average Bonchev–Trinajstić information content (AvgIpc) is 3.23. The van der Waals surface area contributed by atoms with Crippen LogP contribution in [0.25, 0.3) is 5.69 Å². The van der Waals surface area contributed by atoms with E-state index in [4.69, 9.17) is 16.7 Å². The molecular weight excluding hydrogens is 547 g/mol. The first-order valence-corrected chi connectivity index (χ1v) is 14.4. The highest BCUT2D eigenvalue weighted by Crippen LogP contribution is 2.48. The molecule has 4 aromatic rings. The summed E-state index contributed by atoms with van der Waals surface area (Å²) >= 11 is 7.91. The molecule has 1 aromatic heterocycles. The van der Waals surface area contributed by atoms with Crippen LogP contribution in [0.4, 0.5) is 15.9 Å². The van der Waals surface area contributed by atoms with Crippen molar-refractivity contribution < 1.29 is 14.0 Å². The van der Waals surface area contributed by atoms with Crippen LogP contribution in [0.2, 0.25) is 5.02 Å². The van der Waals surface area contributed by atoms with Gasteiger partial charge < -0.3 is 5.32 Å². The van der Waals surface area contributed by atoms with Gasteiger partial charge in [0.15, 0.2) is 0 Å². The maximum Gasteiger partial charge on any atom is 0.244 e. The second-order valence-corrected chi connectivity index (χ2v) is 12.3. The highest BCUT2D eigenvalue weighted by Gasteiger charge is 2.40. The molecule has 2 amide bonds. The molecule has 0 saturated heterocycles. The lowest BCUT2D eigenvalue weighted by Gasteiger charge is -2.25. The number of nitrogens with one attached hydrogen (secondary N) is 1. The van der Waals surface area contributed by atoms with Crippen molar-refractivity contribution in [3.63, 3.8) is 0 Å². The Balaban J connectivity index is 1.71. The summed E-state index contributed by atoms with van der Waals surface area (Å²) in [5.74, 6) is -0.278. The van der Waals surface area contributed by atoms with Crippen LogP contribution >= 0.6 is 23.4 Å². The molecule has 0 radical (unpaired) electrons. The fourth-order valence-electron chi connectivity index (χ4n) is 4.85. The Labute approximate surface area is 242 Å². The van der Waals surface area contributed by atoms with E-state index in [1.54, 1.807) is 4.68 Å². The standard InChI is InChI=1S/C31H30ClFN4O2S/c1-19-8-5-6-11-24(19)37-30-27(29(35-37)31(2,3)4)28(20-9-7-10-21(32)16-20)40-18-26(39)36(30)17-25(38)34-23-14-12-22(33)13-15-23/h5-16,28H,17-18H2,1-4H3,(H,34,38). The number of rotatable bonds is 5. The van der Waals surface area contributed by atoms with Crippen LogP contribution in [0, 0.1) is 12.7 Å². The molecule has 6 nitrogen and oxygen atoms in total. The van der Waals surface area contributed by atoms with Crippen LogP contribution in [-0.2, 0) is 15.0 Å². The molecule has 1 N–H and O–H groups in total. The normalized spacial score (nSPS) is 15.5. The molecule has 2 heterocycles. The number of anilines is 2. The van der Waals surface area contributed by atoms with E-state index < -0.39 is 11.7 Å². The number of para-hydroxylation sites is 1. The van der Waals surface area contributed by atoms with E-state index in [1.807, 2.05) is 55.5 Å². The fraction of sp³-hybridized carbons (Fsp3) is 0.258. The molecule has 0 spiro atoms. The van der Waals surface area contributed by atoms with Crippen molar-refractivity contribution in [2.75, 3.05) is 22.5 Å². The molecule has 0 bridgehead atoms. The van der Waals surface area contributed by atoms with Gasteiger partial charge in [-0.15, -0.1) is 11.8 Å². The van der Waals surface area contributed by atoms with Crippen LogP contribution < -0.4 is 10.2 Å². The van der Waals surface area contributed by atoms with Gasteiger partial charge >= 0.3 is 0 Å². The summed E-state index contributed by atoms with van der Waals surface area (Å²) in [4.78, 5) is 28.6. The second kappa shape index (κ2) is 11.1. The number of carbonyl (C=O) groups is 2. The Morgan fingerprint density at radius 3 is 2.50 bits per heavy atom. The number of thioether (sulfide) groups is 1. The Bertz CT molecular complexity index is 1580. The van der Waals surface area contributed by atoms with Crippen molar-refractivity contribution in [2.24, 2.45) is 0 Å². The Morgan fingerprint density at radius 2 is 1.82 bits per heavy atom. The van der Waals surface area contributed by atoms with Gasteiger partial charge in [0, 0.05) is 21.7 Å². The number of amides is 2. The summed E-state index contributed by atoms with van der Waals surface area (Å²) in [7, 11) is 0. The predicted molar refractivity (Wildman–Crippen MR) is 160 cm³/mol. The van der Waals surface area contributed by atoms with Crippen molar-refractivity contribution in [1.82, 2.24) is 9.78 Å². The second-order valence-electron chi connectivity index (χ2n) is 10.8. The smallest absolute Gasteiger partial charge is 0.244 e. The first-order chi connectivity index (χ1) is 19.0. The summed E-state index contributed by atoms with van der Waals surface area (Å²) in [6, 6.07) is 21.0. The van der Waals surface area contributed by atoms with Crippen molar-refractivity contribution in [2.45, 2.75) is 38.4 Å². The number of fused-ring (bicyclic) bond motifs is 1. The predicted octanol–water partition coefficient (Wildman–Crippen LogP) is 7.08. The van der Waals surface area contributed by atoms with Gasteiger partial charge in [-0.2, -0.15) is 5.10 Å². The molecule has 1 atom stereocenters. The van der Waals surface area contributed by atoms with E-state index >= 15 is 0 Å². The maximum absolute atomic E-state index is 13.8. The van der Waals surface area contributed by atoms with Crippen LogP contribution in [0.3, 0.4) is 0 Å². The highest BCUT2D eigenvalue weighted by molar-refractivity contribution is 8.00. The zero-order valence-electron chi connectivity index (χ0n) is 22.7. The summed E-state index contributed by atoms with van der Waals surface area (Å²) in [6.07, 6.45) is 0. The number of hydrogen-bond donors (Lipinski definition) is 1. The third kappa shape index (κ3) is 5.64. The molecule has 3 aromatic carbocycles. The summed E-state index contributed by atoms with van der Waals surface area (Å²) < 4.78 is 15.2. The number of halogens is 2. The van der Waals surface area contributed by atoms with Crippen LogP contribution in [0.5, 0.6) is 0 Å². The average molecular weight is 577 g/mol. The Morgan fingerprint density at radius 1 is 1.10 bits per heavy atom. The third-order valence-electron chi connectivity index (χ3n) is 6.72. The summed E-state index contributed by atoms with van der Waals surface area (Å²) in [6.45, 7) is 8.04. The van der Waals surface area contributed by atoms with Gasteiger partial charge in [-0.25, -0.2) is 9.07 Å². The van der Waals surface area contributed by atoms with E-state index in [9.17, 15) is 14.0 Å². The molecule has 40 heavy (non-hydrogen) atoms. The van der Waals surface area contributed by atoms with Gasteiger partial charge in [0.05, 0.1) is 22.4 Å². The van der Waals surface area contributed by atoms with Gasteiger partial charge in [-0.1, -0.05) is 62.7 Å². The zero-order valence-corrected chi connectivity index (χ0v) is 24.3. The molecule has 1 aliphatic rings. The van der Waals surface area contributed by atoms with Gasteiger partial charge in [-0.05, 0) is 60.5 Å². The molecule has 0 saturated carbocycles. The molecule has 0 fully saturated rings. The first kappa shape index (κ1) is 27.9. The van der Waals surface area contributed by atoms with Gasteiger partial charge in [0.25, 0.3) is 0 Å². The molecule has 5 rings (SSSR count). The van der Waals surface area contributed by atoms with Crippen molar-refractivity contribution in [1.29, 1.82) is 0 Å². The third-order valence-corrected chi connectivity index (χ3v) is 8.21. The van der Waals surface area contributed by atoms with Gasteiger partial charge in [-0.3, -0.25) is 14.5 Å². The zero-order chi connectivity index (χ0) is 28.6. The fourth-order valence-corrected chi connectivity index (χ4v) is 6.24. The SMILES string of the molecule is Cc1ccccc1-n1nc(C(C)(C)C)c2c1N(CC(=O)Nc1ccc(F)cc1)C(=O)CSC2c1cccc(Cl)c1. The first-order valence-electron chi connectivity index (χ1n) is 12.9. The topological polar surface area (TPSA) is 67.2 Å². The number of aryl methyl sites for hydroxylation is 1.